The molecule has 7 atom stereocenters. The summed E-state index contributed by atoms with van der Waals surface area (Å²) in [5.74, 6) is 0.132. The Morgan fingerprint density at radius 2 is 1.78 bits per heavy atom. The van der Waals surface area contributed by atoms with Gasteiger partial charge in [0.15, 0.2) is 0 Å². The first-order valence-electron chi connectivity index (χ1n) is 14.2. The minimum Gasteiger partial charge on any atom is -0.456 e. The molecule has 1 aliphatic heterocycles. The molecule has 0 aromatic heterocycles. The first kappa shape index (κ1) is 26.4. The summed E-state index contributed by atoms with van der Waals surface area (Å²) in [6.45, 7) is 15.1. The number of aliphatic hydroxyl groups is 2. The molecule has 36 heavy (non-hydrogen) atoms. The Balaban J connectivity index is 1.53. The molecule has 5 heteroatoms. The molecule has 0 aromatic rings. The molecule has 1 heterocycles. The van der Waals surface area contributed by atoms with Crippen LogP contribution in [0.4, 0.5) is 0 Å². The van der Waals surface area contributed by atoms with Gasteiger partial charge in [-0.2, -0.15) is 0 Å². The van der Waals surface area contributed by atoms with Crippen LogP contribution in [0.25, 0.3) is 0 Å². The average Bonchev–Trinajstić information content (AvgIpc) is 3.15. The minimum absolute atomic E-state index is 0.0321. The van der Waals surface area contributed by atoms with Crippen LogP contribution in [-0.4, -0.2) is 46.2 Å². The van der Waals surface area contributed by atoms with Crippen molar-refractivity contribution in [1.82, 2.24) is 0 Å². The molecule has 5 rings (SSSR count). The summed E-state index contributed by atoms with van der Waals surface area (Å²) in [4.78, 5) is 13.9. The molecule has 2 N–H and O–H groups in total. The fourth-order valence-electron chi connectivity index (χ4n) is 9.55. The number of allylic oxidation sites excluding steroid dienone is 4. The van der Waals surface area contributed by atoms with Crippen LogP contribution in [0.5, 0.6) is 0 Å². The number of methoxy groups -OCH3 is 1. The summed E-state index contributed by atoms with van der Waals surface area (Å²) >= 11 is 0. The van der Waals surface area contributed by atoms with Crippen molar-refractivity contribution >= 4 is 5.97 Å². The van der Waals surface area contributed by atoms with Gasteiger partial charge in [-0.15, -0.1) is 0 Å². The van der Waals surface area contributed by atoms with Crippen molar-refractivity contribution in [1.29, 1.82) is 0 Å². The normalized spacial score (nSPS) is 47.2. The zero-order valence-corrected chi connectivity index (χ0v) is 23.8. The Bertz CT molecular complexity index is 1020. The lowest BCUT2D eigenvalue weighted by Crippen LogP contribution is -2.61. The third-order valence-corrected chi connectivity index (χ3v) is 12.3. The summed E-state index contributed by atoms with van der Waals surface area (Å²) in [6, 6.07) is 0. The Morgan fingerprint density at radius 3 is 2.44 bits per heavy atom. The zero-order valence-electron chi connectivity index (χ0n) is 23.8. The topological polar surface area (TPSA) is 76.0 Å². The second-order valence-corrected chi connectivity index (χ2v) is 14.6. The van der Waals surface area contributed by atoms with E-state index < -0.39 is 22.0 Å². The number of aliphatic hydroxyl groups excluding tert-OH is 1. The monoisotopic (exact) mass is 500 g/mol. The molecule has 1 spiro atoms. The summed E-state index contributed by atoms with van der Waals surface area (Å²) in [5, 5.41) is 23.3. The highest BCUT2D eigenvalue weighted by Gasteiger charge is 2.82. The van der Waals surface area contributed by atoms with E-state index in [1.54, 1.807) is 7.11 Å². The zero-order chi connectivity index (χ0) is 26.6. The predicted octanol–water partition coefficient (Wildman–Crippen LogP) is 5.88. The molecule has 202 valence electrons. The van der Waals surface area contributed by atoms with Crippen molar-refractivity contribution in [2.45, 2.75) is 129 Å². The second-order valence-electron chi connectivity index (χ2n) is 14.6. The van der Waals surface area contributed by atoms with E-state index in [1.165, 1.54) is 11.1 Å². The van der Waals surface area contributed by atoms with Crippen molar-refractivity contribution in [3.63, 3.8) is 0 Å². The summed E-state index contributed by atoms with van der Waals surface area (Å²) in [7, 11) is 1.73. The Labute approximate surface area is 217 Å². The van der Waals surface area contributed by atoms with Crippen molar-refractivity contribution < 1.29 is 24.5 Å². The maximum Gasteiger partial charge on any atom is 0.317 e. The lowest BCUT2D eigenvalue weighted by molar-refractivity contribution is -0.158. The molecule has 0 aromatic carbocycles. The molecule has 0 bridgehead atoms. The first-order valence-corrected chi connectivity index (χ1v) is 14.2. The molecule has 0 unspecified atom stereocenters. The van der Waals surface area contributed by atoms with Gasteiger partial charge in [0, 0.05) is 12.5 Å². The van der Waals surface area contributed by atoms with Crippen molar-refractivity contribution in [3.05, 3.63) is 23.3 Å². The molecule has 3 fully saturated rings. The molecule has 5 nitrogen and oxygen atoms in total. The molecule has 1 saturated heterocycles. The average molecular weight is 501 g/mol. The number of esters is 1. The van der Waals surface area contributed by atoms with Gasteiger partial charge in [-0.05, 0) is 106 Å². The maximum atomic E-state index is 13.9. The number of cyclic esters (lactones) is 1. The van der Waals surface area contributed by atoms with E-state index >= 15 is 0 Å². The smallest absolute Gasteiger partial charge is 0.317 e. The molecule has 2 saturated carbocycles. The largest absolute Gasteiger partial charge is 0.456 e. The molecule has 5 aliphatic rings. The van der Waals surface area contributed by atoms with Crippen LogP contribution in [0.2, 0.25) is 0 Å². The number of carbonyl (C=O) groups excluding carboxylic acids is 1. The van der Waals surface area contributed by atoms with E-state index in [1.807, 2.05) is 6.92 Å². The van der Waals surface area contributed by atoms with Crippen LogP contribution in [-0.2, 0) is 14.3 Å². The van der Waals surface area contributed by atoms with Gasteiger partial charge in [-0.1, -0.05) is 39.8 Å². The van der Waals surface area contributed by atoms with Crippen molar-refractivity contribution in [3.8, 4) is 0 Å². The van der Waals surface area contributed by atoms with Crippen LogP contribution in [0.15, 0.2) is 23.3 Å². The van der Waals surface area contributed by atoms with E-state index in [-0.39, 0.29) is 28.5 Å². The molecular weight excluding hydrogens is 452 g/mol. The Kier molecular flexibility index (Phi) is 5.65. The summed E-state index contributed by atoms with van der Waals surface area (Å²) in [6.07, 6.45) is 11.2. The highest BCUT2D eigenvalue weighted by molar-refractivity contribution is 5.86. The summed E-state index contributed by atoms with van der Waals surface area (Å²) < 4.78 is 11.8. The van der Waals surface area contributed by atoms with E-state index in [9.17, 15) is 15.0 Å². The van der Waals surface area contributed by atoms with Crippen LogP contribution < -0.4 is 0 Å². The first-order chi connectivity index (χ1) is 16.5. The summed E-state index contributed by atoms with van der Waals surface area (Å²) in [5.41, 5.74) is -1.34. The van der Waals surface area contributed by atoms with Gasteiger partial charge in [0.1, 0.15) is 16.6 Å². The highest BCUT2D eigenvalue weighted by Crippen LogP contribution is 2.76. The standard InChI is InChI=1S/C31H48O5/c1-25(2,35-8)14-9-15-29(7)31(34)19-18-28(6)21-10-11-22-26(3,4)23(32)13-16-27(22,5)20(21)12-17-30(28,31)24(33)36-29/h10,12,22-23,32,34H,9,11,13-19H2,1-8H3/t22-,23-,27+,28-,29-,30+,31-/m0/s1. The predicted molar refractivity (Wildman–Crippen MR) is 140 cm³/mol. The Hall–Kier alpha value is -1.17. The van der Waals surface area contributed by atoms with Crippen molar-refractivity contribution in [2.75, 3.05) is 7.11 Å². The molecular formula is C31H48O5. The van der Waals surface area contributed by atoms with Gasteiger partial charge in [0.2, 0.25) is 0 Å². The van der Waals surface area contributed by atoms with Gasteiger partial charge in [0.25, 0.3) is 0 Å². The number of fused-ring (bicyclic) bond motifs is 4. The van der Waals surface area contributed by atoms with Gasteiger partial charge >= 0.3 is 5.97 Å². The SMILES string of the molecule is COC(C)(C)CCC[C@]1(C)OC(=O)[C@]23CC=C4C(=CC[C@H]5C(C)(C)[C@@H](O)CC[C@]45C)[C@]2(C)CC[C@@]31O. The fraction of sp³-hybridized carbons (Fsp3) is 0.839. The lowest BCUT2D eigenvalue weighted by atomic mass is 9.43. The number of rotatable bonds is 5. The van der Waals surface area contributed by atoms with Gasteiger partial charge in [0.05, 0.1) is 11.7 Å². The number of hydrogen-bond acceptors (Lipinski definition) is 5. The molecule has 4 aliphatic carbocycles. The number of ether oxygens (including phenoxy) is 2. The minimum atomic E-state index is -1.20. The lowest BCUT2D eigenvalue weighted by Gasteiger charge is -2.60. The molecule has 0 amide bonds. The third kappa shape index (κ3) is 2.97. The van der Waals surface area contributed by atoms with Crippen molar-refractivity contribution in [2.24, 2.45) is 27.6 Å². The Morgan fingerprint density at radius 1 is 1.08 bits per heavy atom. The third-order valence-electron chi connectivity index (χ3n) is 12.3. The maximum absolute atomic E-state index is 13.9. The van der Waals surface area contributed by atoms with Crippen LogP contribution >= 0.6 is 0 Å². The van der Waals surface area contributed by atoms with Crippen LogP contribution in [0.1, 0.15) is 106 Å². The van der Waals surface area contributed by atoms with Crippen LogP contribution in [0, 0.1) is 27.6 Å². The van der Waals surface area contributed by atoms with Gasteiger partial charge in [-0.25, -0.2) is 0 Å². The number of hydrogen-bond donors (Lipinski definition) is 2. The van der Waals surface area contributed by atoms with E-state index in [4.69, 9.17) is 9.47 Å². The molecule has 0 radical (unpaired) electrons. The van der Waals surface area contributed by atoms with E-state index in [0.29, 0.717) is 25.2 Å². The highest BCUT2D eigenvalue weighted by atomic mass is 16.6. The van der Waals surface area contributed by atoms with E-state index in [0.717, 1.165) is 38.5 Å². The van der Waals surface area contributed by atoms with Gasteiger partial charge < -0.3 is 19.7 Å². The van der Waals surface area contributed by atoms with E-state index in [2.05, 4.69) is 53.7 Å². The van der Waals surface area contributed by atoms with Crippen LogP contribution in [0.3, 0.4) is 0 Å². The fourth-order valence-corrected chi connectivity index (χ4v) is 9.55. The number of carbonyl (C=O) groups is 1. The quantitative estimate of drug-likeness (QED) is 0.461. The second kappa shape index (κ2) is 7.70. The van der Waals surface area contributed by atoms with Gasteiger partial charge in [-0.3, -0.25) is 4.79 Å².